The fraction of sp³-hybridized carbons (Fsp3) is 0.286. The summed E-state index contributed by atoms with van der Waals surface area (Å²) in [6, 6.07) is 6.58. The lowest BCUT2D eigenvalue weighted by molar-refractivity contribution is 1.21. The largest absolute Gasteiger partial charge is 0.0835 e. The van der Waals surface area contributed by atoms with E-state index in [1.165, 1.54) is 27.8 Å². The van der Waals surface area contributed by atoms with E-state index < -0.39 is 0 Å². The standard InChI is InChI=1S/C14H16/c1-4-11-9-14-10(3)7-6-8-13(14)12(11)5-2/h4-8H,9H2,1-3H3/b11-4-,12-5+. The molecule has 0 heterocycles. The number of benzene rings is 1. The van der Waals surface area contributed by atoms with Gasteiger partial charge in [-0.2, -0.15) is 0 Å². The number of allylic oxidation sites excluding steroid dienone is 4. The van der Waals surface area contributed by atoms with Crippen LogP contribution >= 0.6 is 0 Å². The van der Waals surface area contributed by atoms with Crippen molar-refractivity contribution >= 4 is 5.57 Å². The number of hydrogen-bond donors (Lipinski definition) is 0. The Kier molecular flexibility index (Phi) is 2.28. The molecule has 0 aromatic heterocycles. The van der Waals surface area contributed by atoms with Crippen LogP contribution in [0.4, 0.5) is 0 Å². The van der Waals surface area contributed by atoms with Gasteiger partial charge in [0.15, 0.2) is 0 Å². The second-order valence-electron chi connectivity index (χ2n) is 3.79. The maximum absolute atomic E-state index is 2.23. The van der Waals surface area contributed by atoms with Gasteiger partial charge in [0.1, 0.15) is 0 Å². The van der Waals surface area contributed by atoms with Crippen molar-refractivity contribution in [3.05, 3.63) is 52.6 Å². The van der Waals surface area contributed by atoms with E-state index in [0.717, 1.165) is 6.42 Å². The zero-order chi connectivity index (χ0) is 10.1. The van der Waals surface area contributed by atoms with Crippen molar-refractivity contribution in [3.63, 3.8) is 0 Å². The van der Waals surface area contributed by atoms with Crippen LogP contribution in [0.15, 0.2) is 35.9 Å². The van der Waals surface area contributed by atoms with Crippen molar-refractivity contribution in [3.8, 4) is 0 Å². The fourth-order valence-electron chi connectivity index (χ4n) is 2.25. The molecular weight excluding hydrogens is 168 g/mol. The number of hydrogen-bond acceptors (Lipinski definition) is 0. The van der Waals surface area contributed by atoms with Crippen LogP contribution in [0.1, 0.15) is 30.5 Å². The average molecular weight is 184 g/mol. The molecule has 0 atom stereocenters. The van der Waals surface area contributed by atoms with Gasteiger partial charge in [-0.05, 0) is 55.0 Å². The van der Waals surface area contributed by atoms with Crippen molar-refractivity contribution in [1.29, 1.82) is 0 Å². The maximum atomic E-state index is 2.23. The van der Waals surface area contributed by atoms with Crippen LogP contribution in [0, 0.1) is 6.92 Å². The third-order valence-corrected chi connectivity index (χ3v) is 3.05. The van der Waals surface area contributed by atoms with Crippen LogP contribution < -0.4 is 0 Å². The summed E-state index contributed by atoms with van der Waals surface area (Å²) < 4.78 is 0. The second kappa shape index (κ2) is 3.45. The Morgan fingerprint density at radius 1 is 1.14 bits per heavy atom. The molecule has 2 rings (SSSR count). The molecule has 1 aromatic rings. The first kappa shape index (κ1) is 9.26. The molecule has 0 heteroatoms. The first-order valence-corrected chi connectivity index (χ1v) is 5.18. The average Bonchev–Trinajstić information content (AvgIpc) is 2.57. The molecule has 0 bridgehead atoms. The van der Waals surface area contributed by atoms with Crippen molar-refractivity contribution in [1.82, 2.24) is 0 Å². The smallest absolute Gasteiger partial charge is 0.00142 e. The molecule has 1 aromatic carbocycles. The van der Waals surface area contributed by atoms with Crippen molar-refractivity contribution in [2.24, 2.45) is 0 Å². The van der Waals surface area contributed by atoms with Gasteiger partial charge in [-0.15, -0.1) is 0 Å². The molecule has 72 valence electrons. The Morgan fingerprint density at radius 2 is 1.93 bits per heavy atom. The lowest BCUT2D eigenvalue weighted by Crippen LogP contribution is -1.85. The number of aryl methyl sites for hydroxylation is 1. The summed E-state index contributed by atoms with van der Waals surface area (Å²) in [5, 5.41) is 0. The van der Waals surface area contributed by atoms with Crippen molar-refractivity contribution in [2.45, 2.75) is 27.2 Å². The summed E-state index contributed by atoms with van der Waals surface area (Å²) in [6.07, 6.45) is 5.56. The molecule has 0 amide bonds. The molecule has 14 heavy (non-hydrogen) atoms. The minimum absolute atomic E-state index is 1.11. The Balaban J connectivity index is 2.65. The van der Waals surface area contributed by atoms with E-state index in [4.69, 9.17) is 0 Å². The summed E-state index contributed by atoms with van der Waals surface area (Å²) in [5.74, 6) is 0. The van der Waals surface area contributed by atoms with E-state index in [-0.39, 0.29) is 0 Å². The van der Waals surface area contributed by atoms with Gasteiger partial charge in [-0.3, -0.25) is 0 Å². The third-order valence-electron chi connectivity index (χ3n) is 3.05. The molecule has 1 aliphatic rings. The lowest BCUT2D eigenvalue weighted by Gasteiger charge is -2.02. The topological polar surface area (TPSA) is 0 Å². The first-order valence-electron chi connectivity index (χ1n) is 5.18. The van der Waals surface area contributed by atoms with Crippen LogP contribution in [0.3, 0.4) is 0 Å². The molecule has 1 aliphatic carbocycles. The Hall–Kier alpha value is -1.30. The molecule has 0 nitrogen and oxygen atoms in total. The highest BCUT2D eigenvalue weighted by molar-refractivity contribution is 5.86. The third kappa shape index (κ3) is 1.22. The van der Waals surface area contributed by atoms with E-state index in [1.54, 1.807) is 0 Å². The Labute approximate surface area is 86.0 Å². The van der Waals surface area contributed by atoms with Gasteiger partial charge in [-0.1, -0.05) is 30.4 Å². The maximum Gasteiger partial charge on any atom is -0.00142 e. The van der Waals surface area contributed by atoms with E-state index in [2.05, 4.69) is 51.1 Å². The van der Waals surface area contributed by atoms with Gasteiger partial charge >= 0.3 is 0 Å². The van der Waals surface area contributed by atoms with Crippen molar-refractivity contribution < 1.29 is 0 Å². The zero-order valence-corrected chi connectivity index (χ0v) is 9.09. The monoisotopic (exact) mass is 184 g/mol. The number of rotatable bonds is 0. The Morgan fingerprint density at radius 3 is 2.57 bits per heavy atom. The van der Waals surface area contributed by atoms with Crippen LogP contribution in [-0.2, 0) is 6.42 Å². The van der Waals surface area contributed by atoms with Crippen LogP contribution in [0.2, 0.25) is 0 Å². The molecule has 0 N–H and O–H groups in total. The molecular formula is C14H16. The van der Waals surface area contributed by atoms with Gasteiger partial charge in [0.2, 0.25) is 0 Å². The lowest BCUT2D eigenvalue weighted by atomic mass is 10.0. The molecule has 0 saturated carbocycles. The predicted molar refractivity (Wildman–Crippen MR) is 62.3 cm³/mol. The zero-order valence-electron chi connectivity index (χ0n) is 9.09. The van der Waals surface area contributed by atoms with Gasteiger partial charge in [0.25, 0.3) is 0 Å². The number of fused-ring (bicyclic) bond motifs is 1. The molecule has 0 spiro atoms. The SMILES string of the molecule is C/C=C1/Cc2c(C)cccc2/C1=C/C. The highest BCUT2D eigenvalue weighted by atomic mass is 14.2. The highest BCUT2D eigenvalue weighted by Crippen LogP contribution is 2.37. The quantitative estimate of drug-likeness (QED) is 0.573. The van der Waals surface area contributed by atoms with E-state index in [9.17, 15) is 0 Å². The second-order valence-corrected chi connectivity index (χ2v) is 3.79. The summed E-state index contributed by atoms with van der Waals surface area (Å²) >= 11 is 0. The molecule has 0 fully saturated rings. The van der Waals surface area contributed by atoms with Crippen LogP contribution in [0.5, 0.6) is 0 Å². The normalized spacial score (nSPS) is 20.5. The van der Waals surface area contributed by atoms with Crippen molar-refractivity contribution in [2.75, 3.05) is 0 Å². The molecule has 0 aliphatic heterocycles. The van der Waals surface area contributed by atoms with E-state index in [0.29, 0.717) is 0 Å². The Bertz CT molecular complexity index is 420. The molecule has 0 saturated heterocycles. The van der Waals surface area contributed by atoms with Gasteiger partial charge in [-0.25, -0.2) is 0 Å². The predicted octanol–water partition coefficient (Wildman–Crippen LogP) is 3.90. The minimum atomic E-state index is 1.11. The van der Waals surface area contributed by atoms with Gasteiger partial charge in [0, 0.05) is 0 Å². The van der Waals surface area contributed by atoms with E-state index >= 15 is 0 Å². The summed E-state index contributed by atoms with van der Waals surface area (Å²) in [4.78, 5) is 0. The van der Waals surface area contributed by atoms with Gasteiger partial charge in [0.05, 0.1) is 0 Å². The summed E-state index contributed by atoms with van der Waals surface area (Å²) in [6.45, 7) is 6.45. The fourth-order valence-corrected chi connectivity index (χ4v) is 2.25. The van der Waals surface area contributed by atoms with Gasteiger partial charge < -0.3 is 0 Å². The minimum Gasteiger partial charge on any atom is -0.0835 e. The first-order chi connectivity index (χ1) is 6.77. The molecule has 0 unspecified atom stereocenters. The van der Waals surface area contributed by atoms with Crippen LogP contribution in [0.25, 0.3) is 5.57 Å². The van der Waals surface area contributed by atoms with Crippen LogP contribution in [-0.4, -0.2) is 0 Å². The summed E-state index contributed by atoms with van der Waals surface area (Å²) in [7, 11) is 0. The highest BCUT2D eigenvalue weighted by Gasteiger charge is 2.20. The summed E-state index contributed by atoms with van der Waals surface area (Å²) in [5.41, 5.74) is 7.25. The van der Waals surface area contributed by atoms with E-state index in [1.807, 2.05) is 0 Å². The molecule has 0 radical (unpaired) electrons.